The summed E-state index contributed by atoms with van der Waals surface area (Å²) in [6, 6.07) is 0. The van der Waals surface area contributed by atoms with Crippen LogP contribution in [0.4, 0.5) is 0 Å². The van der Waals surface area contributed by atoms with Crippen LogP contribution in [0, 0.1) is 0 Å². The van der Waals surface area contributed by atoms with Crippen LogP contribution in [0.15, 0.2) is 72.9 Å². The average molecular weight is 1050 g/mol. The molecule has 0 saturated heterocycles. The number of rotatable bonds is 59. The van der Waals surface area contributed by atoms with Crippen LogP contribution in [0.3, 0.4) is 0 Å². The molecule has 0 rings (SSSR count). The zero-order valence-electron chi connectivity index (χ0n) is 49.8. The van der Waals surface area contributed by atoms with Crippen LogP contribution in [0.25, 0.3) is 0 Å². The van der Waals surface area contributed by atoms with E-state index in [4.69, 9.17) is 14.2 Å². The SMILES string of the molecule is CC/C=C\C/C=C\C/C=C\C/C=C\C/C=C\CC(=O)OC(COC(=O)CCCCCCC/C=C\CCC)COC(=O)CCCCCCCCCCCCCCCCCCCCCCCCCCCCCCCCCC. The van der Waals surface area contributed by atoms with E-state index in [1.165, 1.54) is 199 Å². The molecule has 0 amide bonds. The highest BCUT2D eigenvalue weighted by Crippen LogP contribution is 2.18. The van der Waals surface area contributed by atoms with Crippen molar-refractivity contribution >= 4 is 17.9 Å². The second-order valence-electron chi connectivity index (χ2n) is 21.7. The molecule has 0 fully saturated rings. The molecule has 1 atom stereocenters. The first-order valence-corrected chi connectivity index (χ1v) is 32.4. The minimum atomic E-state index is -0.831. The number of hydrogen-bond donors (Lipinski definition) is 0. The molecule has 0 radical (unpaired) electrons. The van der Waals surface area contributed by atoms with Crippen LogP contribution in [-0.4, -0.2) is 37.2 Å². The lowest BCUT2D eigenvalue weighted by molar-refractivity contribution is -0.166. The zero-order chi connectivity index (χ0) is 54.3. The van der Waals surface area contributed by atoms with Crippen molar-refractivity contribution in [2.24, 2.45) is 0 Å². The maximum Gasteiger partial charge on any atom is 0.310 e. The molecule has 75 heavy (non-hydrogen) atoms. The molecule has 0 aliphatic heterocycles. The second kappa shape index (κ2) is 63.4. The normalized spacial score (nSPS) is 12.5. The van der Waals surface area contributed by atoms with Crippen molar-refractivity contribution in [3.8, 4) is 0 Å². The van der Waals surface area contributed by atoms with Gasteiger partial charge in [0.1, 0.15) is 13.2 Å². The number of hydrogen-bond acceptors (Lipinski definition) is 6. The molecule has 1 unspecified atom stereocenters. The van der Waals surface area contributed by atoms with Gasteiger partial charge in [0.05, 0.1) is 6.42 Å². The molecule has 0 spiro atoms. The van der Waals surface area contributed by atoms with Gasteiger partial charge < -0.3 is 14.2 Å². The number of unbranched alkanes of at least 4 members (excludes halogenated alkanes) is 37. The van der Waals surface area contributed by atoms with Gasteiger partial charge >= 0.3 is 17.9 Å². The molecule has 0 aromatic carbocycles. The average Bonchev–Trinajstić information content (AvgIpc) is 3.41. The summed E-state index contributed by atoms with van der Waals surface area (Å²) in [5.41, 5.74) is 0. The lowest BCUT2D eigenvalue weighted by Crippen LogP contribution is -2.30. The summed E-state index contributed by atoms with van der Waals surface area (Å²) in [4.78, 5) is 38.0. The summed E-state index contributed by atoms with van der Waals surface area (Å²) in [5, 5.41) is 0. The third kappa shape index (κ3) is 61.6. The summed E-state index contributed by atoms with van der Waals surface area (Å²) >= 11 is 0. The fourth-order valence-electron chi connectivity index (χ4n) is 9.41. The van der Waals surface area contributed by atoms with Gasteiger partial charge in [-0.15, -0.1) is 0 Å². The number of carbonyl (C=O) groups excluding carboxylic acids is 3. The number of esters is 3. The van der Waals surface area contributed by atoms with Crippen LogP contribution in [0.2, 0.25) is 0 Å². The lowest BCUT2D eigenvalue weighted by Gasteiger charge is -2.18. The largest absolute Gasteiger partial charge is 0.462 e. The van der Waals surface area contributed by atoms with E-state index in [0.717, 1.165) is 89.9 Å². The van der Waals surface area contributed by atoms with Crippen molar-refractivity contribution < 1.29 is 28.6 Å². The Labute approximate surface area is 465 Å². The minimum Gasteiger partial charge on any atom is -0.462 e. The van der Waals surface area contributed by atoms with Crippen molar-refractivity contribution in [2.45, 2.75) is 335 Å². The van der Waals surface area contributed by atoms with Crippen molar-refractivity contribution in [2.75, 3.05) is 13.2 Å². The van der Waals surface area contributed by atoms with Gasteiger partial charge in [0.25, 0.3) is 0 Å². The Kier molecular flexibility index (Phi) is 60.7. The standard InChI is InChI=1S/C69H122O6/c1-4-7-10-13-16-19-22-24-26-27-28-29-30-31-32-33-34-35-36-37-38-39-40-41-42-44-45-47-50-53-56-59-62-68(71)74-65-66(64-73-67(70)61-58-55-52-49-21-18-15-12-9-6-3)75-69(72)63-60-57-54-51-48-46-43-25-23-20-17-14-11-8-5-2/h8,11-12,15,17,20,25,43,48,51,57,60,66H,4-7,9-10,13-14,16,18-19,21-24,26-42,44-47,49-50,52-56,58-59,61-65H2,1-3H3/b11-8-,15-12-,20-17-,43-25-,51-48-,60-57-. The predicted molar refractivity (Wildman–Crippen MR) is 325 cm³/mol. The smallest absolute Gasteiger partial charge is 0.310 e. The topological polar surface area (TPSA) is 78.9 Å². The third-order valence-electron chi connectivity index (χ3n) is 14.2. The van der Waals surface area contributed by atoms with E-state index in [9.17, 15) is 14.4 Å². The van der Waals surface area contributed by atoms with Gasteiger partial charge in [-0.2, -0.15) is 0 Å². The Morgan fingerprint density at radius 2 is 0.587 bits per heavy atom. The first kappa shape index (κ1) is 71.8. The summed E-state index contributed by atoms with van der Waals surface area (Å²) in [6.07, 6.45) is 82.7. The van der Waals surface area contributed by atoms with Crippen LogP contribution in [0.5, 0.6) is 0 Å². The van der Waals surface area contributed by atoms with Gasteiger partial charge in [-0.1, -0.05) is 318 Å². The maximum absolute atomic E-state index is 12.8. The van der Waals surface area contributed by atoms with Gasteiger partial charge in [0.15, 0.2) is 6.10 Å². The van der Waals surface area contributed by atoms with Gasteiger partial charge in [-0.25, -0.2) is 0 Å². The highest BCUT2D eigenvalue weighted by Gasteiger charge is 2.19. The predicted octanol–water partition coefficient (Wildman–Crippen LogP) is 22.1. The van der Waals surface area contributed by atoms with E-state index >= 15 is 0 Å². The molecule has 434 valence electrons. The van der Waals surface area contributed by atoms with Crippen molar-refractivity contribution in [1.29, 1.82) is 0 Å². The second-order valence-corrected chi connectivity index (χ2v) is 21.7. The Hall–Kier alpha value is -3.15. The summed E-state index contributed by atoms with van der Waals surface area (Å²) in [5.74, 6) is -1.05. The van der Waals surface area contributed by atoms with Crippen molar-refractivity contribution in [1.82, 2.24) is 0 Å². The fraction of sp³-hybridized carbons (Fsp3) is 0.783. The van der Waals surface area contributed by atoms with Gasteiger partial charge in [0, 0.05) is 12.8 Å². The van der Waals surface area contributed by atoms with Crippen molar-refractivity contribution in [3.05, 3.63) is 72.9 Å². The van der Waals surface area contributed by atoms with Gasteiger partial charge in [0.2, 0.25) is 0 Å². The molecule has 6 heteroatoms. The minimum absolute atomic E-state index is 0.0972. The summed E-state index contributed by atoms with van der Waals surface area (Å²) < 4.78 is 16.7. The van der Waals surface area contributed by atoms with Crippen LogP contribution >= 0.6 is 0 Å². The lowest BCUT2D eigenvalue weighted by atomic mass is 10.0. The molecule has 0 aromatic heterocycles. The molecular weight excluding hydrogens is 925 g/mol. The Bertz CT molecular complexity index is 1390. The fourth-order valence-corrected chi connectivity index (χ4v) is 9.41. The highest BCUT2D eigenvalue weighted by molar-refractivity contribution is 5.72. The zero-order valence-corrected chi connectivity index (χ0v) is 49.8. The van der Waals surface area contributed by atoms with Gasteiger partial charge in [-0.05, 0) is 64.2 Å². The van der Waals surface area contributed by atoms with E-state index in [1.54, 1.807) is 6.08 Å². The van der Waals surface area contributed by atoms with Crippen LogP contribution in [-0.2, 0) is 28.6 Å². The Morgan fingerprint density at radius 1 is 0.293 bits per heavy atom. The van der Waals surface area contributed by atoms with E-state index in [-0.39, 0.29) is 31.6 Å². The first-order chi connectivity index (χ1) is 37.0. The molecule has 0 heterocycles. The van der Waals surface area contributed by atoms with E-state index < -0.39 is 12.1 Å². The summed E-state index contributed by atoms with van der Waals surface area (Å²) in [7, 11) is 0. The Balaban J connectivity index is 4.10. The molecule has 6 nitrogen and oxygen atoms in total. The summed E-state index contributed by atoms with van der Waals surface area (Å²) in [6.45, 7) is 6.40. The van der Waals surface area contributed by atoms with Crippen LogP contribution in [0.1, 0.15) is 329 Å². The maximum atomic E-state index is 12.8. The third-order valence-corrected chi connectivity index (χ3v) is 14.2. The van der Waals surface area contributed by atoms with Gasteiger partial charge in [-0.3, -0.25) is 14.4 Å². The molecule has 0 aromatic rings. The molecule has 0 aliphatic rings. The molecule has 0 saturated carbocycles. The van der Waals surface area contributed by atoms with Crippen LogP contribution < -0.4 is 0 Å². The molecule has 0 N–H and O–H groups in total. The first-order valence-electron chi connectivity index (χ1n) is 32.4. The van der Waals surface area contributed by atoms with E-state index in [2.05, 4.69) is 81.5 Å². The number of carbonyl (C=O) groups is 3. The monoisotopic (exact) mass is 1050 g/mol. The molecule has 0 aliphatic carbocycles. The Morgan fingerprint density at radius 3 is 0.920 bits per heavy atom. The van der Waals surface area contributed by atoms with Crippen molar-refractivity contribution in [3.63, 3.8) is 0 Å². The quantitative estimate of drug-likeness (QED) is 0.0261. The van der Waals surface area contributed by atoms with E-state index in [1.807, 2.05) is 6.08 Å². The molecular formula is C69H122O6. The number of ether oxygens (including phenoxy) is 3. The highest BCUT2D eigenvalue weighted by atomic mass is 16.6. The van der Waals surface area contributed by atoms with E-state index in [0.29, 0.717) is 12.8 Å². The number of allylic oxidation sites excluding steroid dienone is 11. The molecule has 0 bridgehead atoms.